The van der Waals surface area contributed by atoms with Crippen LogP contribution in [0.5, 0.6) is 0 Å². The van der Waals surface area contributed by atoms with Crippen molar-refractivity contribution < 1.29 is 9.37 Å². The lowest BCUT2D eigenvalue weighted by Crippen LogP contribution is -2.48. The summed E-state index contributed by atoms with van der Waals surface area (Å²) in [5.74, 6) is 2.55. The number of nitrogens with zero attached hydrogens (tertiary/aromatic N) is 8. The molecule has 2 saturated heterocycles. The van der Waals surface area contributed by atoms with E-state index in [2.05, 4.69) is 35.0 Å². The van der Waals surface area contributed by atoms with Gasteiger partial charge >= 0.3 is 0 Å². The zero-order chi connectivity index (χ0) is 18.9. The molecular formula is C17H19ClN8O2. The molecule has 0 aliphatic carbocycles. The maximum absolute atomic E-state index is 5.95. The Morgan fingerprint density at radius 2 is 1.39 bits per heavy atom. The van der Waals surface area contributed by atoms with E-state index in [4.69, 9.17) is 26.0 Å². The number of aromatic nitrogens is 5. The van der Waals surface area contributed by atoms with Gasteiger partial charge in [0.2, 0.25) is 11.3 Å². The average Bonchev–Trinajstić information content (AvgIpc) is 3.22. The van der Waals surface area contributed by atoms with Crippen molar-refractivity contribution in [1.29, 1.82) is 0 Å². The Labute approximate surface area is 166 Å². The van der Waals surface area contributed by atoms with E-state index in [1.165, 1.54) is 0 Å². The number of fused-ring (bicyclic) bond motifs is 1. The number of halogens is 1. The molecule has 0 aromatic carbocycles. The van der Waals surface area contributed by atoms with Crippen LogP contribution in [0.1, 0.15) is 0 Å². The number of rotatable bonds is 3. The minimum Gasteiger partial charge on any atom is -0.378 e. The standard InChI is InChI=1S/C17H19ClN8O2/c18-12-1-2-13(19-11-12)24-3-5-25(6-4-24)16-17(26-7-9-27-10-8-26)21-15-14(20-16)22-28-23-15/h1-2,11H,3-10H2. The van der Waals surface area contributed by atoms with Crippen LogP contribution in [0.3, 0.4) is 0 Å². The van der Waals surface area contributed by atoms with Gasteiger partial charge in [-0.3, -0.25) is 0 Å². The summed E-state index contributed by atoms with van der Waals surface area (Å²) in [6.45, 7) is 6.14. The van der Waals surface area contributed by atoms with Crippen LogP contribution in [-0.4, -0.2) is 77.7 Å². The molecule has 11 heteroatoms. The highest BCUT2D eigenvalue weighted by Crippen LogP contribution is 2.29. The summed E-state index contributed by atoms with van der Waals surface area (Å²) >= 11 is 5.95. The van der Waals surface area contributed by atoms with Crippen molar-refractivity contribution in [3.63, 3.8) is 0 Å². The first-order valence-electron chi connectivity index (χ1n) is 9.22. The SMILES string of the molecule is Clc1ccc(N2CCN(c3nc4nonc4nc3N3CCOCC3)CC2)nc1. The lowest BCUT2D eigenvalue weighted by atomic mass is 10.3. The van der Waals surface area contributed by atoms with Gasteiger partial charge in [-0.05, 0) is 22.4 Å². The quantitative estimate of drug-likeness (QED) is 0.636. The van der Waals surface area contributed by atoms with E-state index in [0.29, 0.717) is 29.5 Å². The number of ether oxygens (including phenoxy) is 1. The number of hydrogen-bond acceptors (Lipinski definition) is 10. The highest BCUT2D eigenvalue weighted by atomic mass is 35.5. The van der Waals surface area contributed by atoms with Gasteiger partial charge in [0.05, 0.1) is 18.2 Å². The van der Waals surface area contributed by atoms with Crippen molar-refractivity contribution in [3.8, 4) is 0 Å². The van der Waals surface area contributed by atoms with Crippen molar-refractivity contribution in [2.24, 2.45) is 0 Å². The van der Waals surface area contributed by atoms with Crippen molar-refractivity contribution in [2.45, 2.75) is 0 Å². The molecule has 0 saturated carbocycles. The topological polar surface area (TPSA) is 96.5 Å². The minimum absolute atomic E-state index is 0.425. The average molecular weight is 403 g/mol. The molecule has 0 atom stereocenters. The molecule has 2 aliphatic rings. The van der Waals surface area contributed by atoms with E-state index in [-0.39, 0.29) is 0 Å². The van der Waals surface area contributed by atoms with Crippen LogP contribution in [0.2, 0.25) is 5.02 Å². The predicted molar refractivity (Wildman–Crippen MR) is 104 cm³/mol. The van der Waals surface area contributed by atoms with Crippen LogP contribution in [0.25, 0.3) is 11.3 Å². The Hall–Kier alpha value is -2.72. The van der Waals surface area contributed by atoms with Gasteiger partial charge in [-0.25, -0.2) is 19.6 Å². The van der Waals surface area contributed by atoms with Gasteiger partial charge in [0, 0.05) is 45.5 Å². The summed E-state index contributed by atoms with van der Waals surface area (Å²) in [4.78, 5) is 20.5. The summed E-state index contributed by atoms with van der Waals surface area (Å²) in [6, 6.07) is 3.81. The molecular weight excluding hydrogens is 384 g/mol. The number of hydrogen-bond donors (Lipinski definition) is 0. The van der Waals surface area contributed by atoms with Gasteiger partial charge in [-0.1, -0.05) is 11.6 Å². The molecule has 2 aliphatic heterocycles. The third kappa shape index (κ3) is 3.29. The zero-order valence-electron chi connectivity index (χ0n) is 15.2. The van der Waals surface area contributed by atoms with E-state index < -0.39 is 0 Å². The van der Waals surface area contributed by atoms with Crippen molar-refractivity contribution in [1.82, 2.24) is 25.3 Å². The number of morpholine rings is 1. The van der Waals surface area contributed by atoms with E-state index in [0.717, 1.165) is 56.7 Å². The third-order valence-corrected chi connectivity index (χ3v) is 5.23. The minimum atomic E-state index is 0.425. The first-order valence-corrected chi connectivity index (χ1v) is 9.60. The summed E-state index contributed by atoms with van der Waals surface area (Å²) in [5.41, 5.74) is 0.850. The molecule has 5 heterocycles. The van der Waals surface area contributed by atoms with Crippen LogP contribution in [0.15, 0.2) is 23.0 Å². The van der Waals surface area contributed by atoms with Gasteiger partial charge < -0.3 is 19.4 Å². The molecule has 0 radical (unpaired) electrons. The number of pyridine rings is 1. The van der Waals surface area contributed by atoms with E-state index in [9.17, 15) is 0 Å². The second-order valence-electron chi connectivity index (χ2n) is 6.69. The molecule has 0 unspecified atom stereocenters. The molecule has 5 rings (SSSR count). The fourth-order valence-corrected chi connectivity index (χ4v) is 3.63. The fourth-order valence-electron chi connectivity index (χ4n) is 3.52. The van der Waals surface area contributed by atoms with Crippen LogP contribution in [-0.2, 0) is 4.74 Å². The van der Waals surface area contributed by atoms with E-state index in [1.54, 1.807) is 6.20 Å². The first-order chi connectivity index (χ1) is 13.8. The molecule has 146 valence electrons. The highest BCUT2D eigenvalue weighted by Gasteiger charge is 2.27. The van der Waals surface area contributed by atoms with Gasteiger partial charge in [-0.2, -0.15) is 0 Å². The molecule has 28 heavy (non-hydrogen) atoms. The zero-order valence-corrected chi connectivity index (χ0v) is 15.9. The largest absolute Gasteiger partial charge is 0.378 e. The van der Waals surface area contributed by atoms with Crippen molar-refractivity contribution in [2.75, 3.05) is 67.2 Å². The Morgan fingerprint density at radius 3 is 2.00 bits per heavy atom. The van der Waals surface area contributed by atoms with Crippen LogP contribution in [0.4, 0.5) is 17.5 Å². The smallest absolute Gasteiger partial charge is 0.245 e. The molecule has 0 spiro atoms. The second-order valence-corrected chi connectivity index (χ2v) is 7.13. The lowest BCUT2D eigenvalue weighted by molar-refractivity contribution is 0.122. The van der Waals surface area contributed by atoms with Gasteiger partial charge in [-0.15, -0.1) is 0 Å². The highest BCUT2D eigenvalue weighted by molar-refractivity contribution is 6.30. The summed E-state index contributed by atoms with van der Waals surface area (Å²) < 4.78 is 10.3. The Kier molecular flexibility index (Phi) is 4.57. The molecule has 3 aromatic heterocycles. The molecule has 2 fully saturated rings. The Balaban J connectivity index is 1.40. The third-order valence-electron chi connectivity index (χ3n) is 5.00. The fraction of sp³-hybridized carbons (Fsp3) is 0.471. The summed E-state index contributed by atoms with van der Waals surface area (Å²) in [6.07, 6.45) is 1.68. The lowest BCUT2D eigenvalue weighted by Gasteiger charge is -2.38. The molecule has 3 aromatic rings. The maximum Gasteiger partial charge on any atom is 0.245 e. The molecule has 0 N–H and O–H groups in total. The van der Waals surface area contributed by atoms with Crippen LogP contribution in [0, 0.1) is 0 Å². The number of piperazine rings is 1. The Bertz CT molecular complexity index is 951. The van der Waals surface area contributed by atoms with Gasteiger partial charge in [0.25, 0.3) is 0 Å². The summed E-state index contributed by atoms with van der Waals surface area (Å²) in [5, 5.41) is 8.37. The van der Waals surface area contributed by atoms with Gasteiger partial charge in [0.15, 0.2) is 11.6 Å². The van der Waals surface area contributed by atoms with Crippen molar-refractivity contribution >= 4 is 40.3 Å². The maximum atomic E-state index is 5.95. The van der Waals surface area contributed by atoms with Gasteiger partial charge in [0.1, 0.15) is 5.82 Å². The van der Waals surface area contributed by atoms with Crippen LogP contribution >= 0.6 is 11.6 Å². The number of anilines is 3. The van der Waals surface area contributed by atoms with Crippen molar-refractivity contribution in [3.05, 3.63) is 23.4 Å². The summed E-state index contributed by atoms with van der Waals surface area (Å²) in [7, 11) is 0. The Morgan fingerprint density at radius 1 is 0.786 bits per heavy atom. The van der Waals surface area contributed by atoms with Crippen LogP contribution < -0.4 is 14.7 Å². The monoisotopic (exact) mass is 402 g/mol. The normalized spacial score (nSPS) is 18.1. The van der Waals surface area contributed by atoms with E-state index in [1.807, 2.05) is 12.1 Å². The molecule has 0 bridgehead atoms. The predicted octanol–water partition coefficient (Wildman–Crippen LogP) is 1.22. The van der Waals surface area contributed by atoms with E-state index >= 15 is 0 Å². The molecule has 0 amide bonds. The second kappa shape index (κ2) is 7.36. The molecule has 10 nitrogen and oxygen atoms in total. The first kappa shape index (κ1) is 17.4.